The Balaban J connectivity index is 1.74. The highest BCUT2D eigenvalue weighted by molar-refractivity contribution is 6.10. The number of aromatic nitrogens is 1. The molecular weight excluding hydrogens is 272 g/mol. The third-order valence-corrected chi connectivity index (χ3v) is 5.42. The number of H-pyrrole nitrogens is 1. The van der Waals surface area contributed by atoms with Crippen molar-refractivity contribution in [1.29, 1.82) is 0 Å². The van der Waals surface area contributed by atoms with Gasteiger partial charge in [-0.2, -0.15) is 0 Å². The van der Waals surface area contributed by atoms with Gasteiger partial charge in [-0.05, 0) is 31.2 Å². The molecule has 1 aliphatic rings. The molecule has 118 valence electrons. The molecule has 1 aliphatic carbocycles. The van der Waals surface area contributed by atoms with Crippen LogP contribution < -0.4 is 5.32 Å². The normalized spacial score (nSPS) is 27.0. The molecular formula is C19H26N2O. The lowest BCUT2D eigenvalue weighted by atomic mass is 9.77. The van der Waals surface area contributed by atoms with E-state index >= 15 is 0 Å². The Labute approximate surface area is 132 Å². The van der Waals surface area contributed by atoms with Crippen molar-refractivity contribution in [2.24, 2.45) is 11.8 Å². The average Bonchev–Trinajstić information content (AvgIpc) is 2.95. The van der Waals surface area contributed by atoms with Crippen LogP contribution in [0.4, 0.5) is 0 Å². The summed E-state index contributed by atoms with van der Waals surface area (Å²) in [5, 5.41) is 4.61. The van der Waals surface area contributed by atoms with E-state index in [1.54, 1.807) is 0 Å². The van der Waals surface area contributed by atoms with Gasteiger partial charge in [-0.3, -0.25) is 4.79 Å². The number of hydrogen-bond acceptors (Lipinski definition) is 2. The molecule has 3 rings (SSSR count). The predicted molar refractivity (Wildman–Crippen MR) is 91.2 cm³/mol. The van der Waals surface area contributed by atoms with Crippen LogP contribution in [0.15, 0.2) is 30.5 Å². The van der Waals surface area contributed by atoms with Gasteiger partial charge in [0, 0.05) is 28.7 Å². The fourth-order valence-electron chi connectivity index (χ4n) is 3.72. The minimum Gasteiger partial charge on any atom is -0.360 e. The Morgan fingerprint density at radius 3 is 2.86 bits per heavy atom. The van der Waals surface area contributed by atoms with Crippen molar-refractivity contribution < 1.29 is 4.79 Å². The lowest BCUT2D eigenvalue weighted by molar-refractivity contribution is 0.0924. The number of nitrogens with one attached hydrogen (secondary N) is 2. The fraction of sp³-hybridized carbons (Fsp3) is 0.526. The lowest BCUT2D eigenvalue weighted by Gasteiger charge is -2.36. The number of carbonyl (C=O) groups is 1. The highest BCUT2D eigenvalue weighted by Gasteiger charge is 2.29. The maximum atomic E-state index is 12.8. The third-order valence-electron chi connectivity index (χ3n) is 5.42. The minimum atomic E-state index is -0.142. The van der Waals surface area contributed by atoms with E-state index < -0.39 is 0 Å². The van der Waals surface area contributed by atoms with Crippen molar-refractivity contribution in [2.75, 3.05) is 0 Å². The fourth-order valence-corrected chi connectivity index (χ4v) is 3.72. The average molecular weight is 298 g/mol. The van der Waals surface area contributed by atoms with Gasteiger partial charge in [0.05, 0.1) is 6.04 Å². The van der Waals surface area contributed by atoms with E-state index in [9.17, 15) is 4.79 Å². The largest absolute Gasteiger partial charge is 0.360 e. The van der Waals surface area contributed by atoms with Gasteiger partial charge >= 0.3 is 0 Å². The van der Waals surface area contributed by atoms with Crippen molar-refractivity contribution in [2.45, 2.75) is 52.1 Å². The predicted octanol–water partition coefficient (Wildman–Crippen LogP) is 4.15. The summed E-state index contributed by atoms with van der Waals surface area (Å²) in [6.45, 7) is 6.63. The summed E-state index contributed by atoms with van der Waals surface area (Å²) in [4.78, 5) is 16.0. The first-order valence-electron chi connectivity index (χ1n) is 8.44. The van der Waals surface area contributed by atoms with E-state index in [1.807, 2.05) is 37.4 Å². The number of fused-ring (bicyclic) bond motifs is 1. The summed E-state index contributed by atoms with van der Waals surface area (Å²) in [6.07, 6.45) is 5.59. The van der Waals surface area contributed by atoms with Gasteiger partial charge in [-0.25, -0.2) is 0 Å². The van der Waals surface area contributed by atoms with E-state index in [4.69, 9.17) is 0 Å². The monoisotopic (exact) mass is 298 g/mol. The molecule has 4 atom stereocenters. The number of benzene rings is 1. The van der Waals surface area contributed by atoms with Crippen molar-refractivity contribution in [1.82, 2.24) is 10.3 Å². The maximum Gasteiger partial charge on any atom is 0.181 e. The van der Waals surface area contributed by atoms with Crippen LogP contribution in [-0.2, 0) is 0 Å². The first-order chi connectivity index (χ1) is 10.6. The zero-order valence-corrected chi connectivity index (χ0v) is 13.7. The van der Waals surface area contributed by atoms with Gasteiger partial charge in [0.25, 0.3) is 0 Å². The number of Topliss-reactive ketones (excluding diaryl/α,β-unsaturated/α-hetero) is 1. The molecule has 1 aromatic carbocycles. The van der Waals surface area contributed by atoms with Crippen LogP contribution >= 0.6 is 0 Å². The van der Waals surface area contributed by atoms with Crippen LogP contribution in [0.2, 0.25) is 0 Å². The zero-order valence-electron chi connectivity index (χ0n) is 13.7. The first kappa shape index (κ1) is 15.3. The van der Waals surface area contributed by atoms with Crippen LogP contribution in [0.3, 0.4) is 0 Å². The van der Waals surface area contributed by atoms with Crippen LogP contribution in [0.5, 0.6) is 0 Å². The molecule has 0 amide bonds. The smallest absolute Gasteiger partial charge is 0.181 e. The number of carbonyl (C=O) groups excluding carboxylic acids is 1. The standard InChI is InChI=1S/C19H26N2O/c1-12-7-6-10-17(13(12)2)21-14(3)19(22)16-11-20-18-9-5-4-8-15(16)18/h4-5,8-9,11-14,17,20-21H,6-7,10H2,1-3H3/t12-,13-,14+,17-/m1/s1. The summed E-state index contributed by atoms with van der Waals surface area (Å²) in [7, 11) is 0. The van der Waals surface area contributed by atoms with E-state index in [-0.39, 0.29) is 11.8 Å². The van der Waals surface area contributed by atoms with E-state index in [0.717, 1.165) is 22.4 Å². The molecule has 0 saturated heterocycles. The molecule has 0 unspecified atom stereocenters. The Morgan fingerprint density at radius 2 is 2.05 bits per heavy atom. The van der Waals surface area contributed by atoms with Gasteiger partial charge in [-0.15, -0.1) is 0 Å². The SMILES string of the molecule is C[C@@H]1[C@H](C)CCC[C@H]1N[C@@H](C)C(=O)c1c[nH]c2ccccc12. The lowest BCUT2D eigenvalue weighted by Crippen LogP contribution is -2.47. The topological polar surface area (TPSA) is 44.9 Å². The van der Waals surface area contributed by atoms with E-state index in [0.29, 0.717) is 12.0 Å². The first-order valence-corrected chi connectivity index (χ1v) is 8.44. The van der Waals surface area contributed by atoms with Crippen molar-refractivity contribution in [3.8, 4) is 0 Å². The maximum absolute atomic E-state index is 12.8. The second-order valence-corrected chi connectivity index (χ2v) is 6.87. The third kappa shape index (κ3) is 2.82. The highest BCUT2D eigenvalue weighted by Crippen LogP contribution is 2.30. The summed E-state index contributed by atoms with van der Waals surface area (Å²) in [5.74, 6) is 1.55. The summed E-state index contributed by atoms with van der Waals surface area (Å²) in [6, 6.07) is 8.30. The summed E-state index contributed by atoms with van der Waals surface area (Å²) < 4.78 is 0. The highest BCUT2D eigenvalue weighted by atomic mass is 16.1. The molecule has 2 aromatic rings. The van der Waals surface area contributed by atoms with Crippen LogP contribution in [-0.4, -0.2) is 22.9 Å². The van der Waals surface area contributed by atoms with Gasteiger partial charge in [0.15, 0.2) is 5.78 Å². The number of ketones is 1. The Kier molecular flexibility index (Phi) is 4.34. The molecule has 0 radical (unpaired) electrons. The molecule has 1 fully saturated rings. The van der Waals surface area contributed by atoms with Crippen molar-refractivity contribution in [3.05, 3.63) is 36.0 Å². The zero-order chi connectivity index (χ0) is 15.7. The second kappa shape index (κ2) is 6.25. The van der Waals surface area contributed by atoms with E-state index in [2.05, 4.69) is 24.1 Å². The molecule has 0 spiro atoms. The van der Waals surface area contributed by atoms with Crippen LogP contribution in [0.1, 0.15) is 50.4 Å². The molecule has 3 heteroatoms. The number of para-hydroxylation sites is 1. The molecule has 22 heavy (non-hydrogen) atoms. The number of hydrogen-bond donors (Lipinski definition) is 2. The van der Waals surface area contributed by atoms with Gasteiger partial charge in [-0.1, -0.05) is 44.9 Å². The molecule has 2 N–H and O–H groups in total. The molecule has 0 bridgehead atoms. The Morgan fingerprint density at radius 1 is 1.27 bits per heavy atom. The molecule has 3 nitrogen and oxygen atoms in total. The van der Waals surface area contributed by atoms with Crippen molar-refractivity contribution in [3.63, 3.8) is 0 Å². The molecule has 1 heterocycles. The second-order valence-electron chi connectivity index (χ2n) is 6.87. The van der Waals surface area contributed by atoms with Crippen LogP contribution in [0.25, 0.3) is 10.9 Å². The van der Waals surface area contributed by atoms with Gasteiger partial charge < -0.3 is 10.3 Å². The summed E-state index contributed by atoms with van der Waals surface area (Å²) >= 11 is 0. The summed E-state index contributed by atoms with van der Waals surface area (Å²) in [5.41, 5.74) is 1.82. The molecule has 1 aromatic heterocycles. The minimum absolute atomic E-state index is 0.142. The molecule has 1 saturated carbocycles. The number of aromatic amines is 1. The van der Waals surface area contributed by atoms with E-state index in [1.165, 1.54) is 19.3 Å². The number of rotatable bonds is 4. The van der Waals surface area contributed by atoms with Gasteiger partial charge in [0.2, 0.25) is 0 Å². The van der Waals surface area contributed by atoms with Crippen molar-refractivity contribution >= 4 is 16.7 Å². The van der Waals surface area contributed by atoms with Crippen LogP contribution in [0, 0.1) is 11.8 Å². The quantitative estimate of drug-likeness (QED) is 0.833. The Hall–Kier alpha value is -1.61. The Bertz CT molecular complexity index is 660. The molecule has 0 aliphatic heterocycles. The van der Waals surface area contributed by atoms with Gasteiger partial charge in [0.1, 0.15) is 0 Å².